The molecule has 3 nitrogen and oxygen atoms in total. The second kappa shape index (κ2) is 1.59. The smallest absolute Gasteiger partial charge is 0.138 e. The quantitative estimate of drug-likeness (QED) is 0.575. The molecule has 3 heteroatoms. The summed E-state index contributed by atoms with van der Waals surface area (Å²) >= 11 is 0. The maximum absolute atomic E-state index is 4.06. The fraction of sp³-hybridized carbons (Fsp3) is 0.714. The van der Waals surface area contributed by atoms with E-state index in [1.807, 2.05) is 11.6 Å². The normalized spacial score (nSPS) is 21.0. The highest BCUT2D eigenvalue weighted by atomic mass is 15.3. The zero-order valence-corrected chi connectivity index (χ0v) is 6.33. The first kappa shape index (κ1) is 5.89. The van der Waals surface area contributed by atoms with Crippen LogP contribution in [0.2, 0.25) is 0 Å². The van der Waals surface area contributed by atoms with Crippen LogP contribution in [0.5, 0.6) is 0 Å². The zero-order valence-electron chi connectivity index (χ0n) is 6.33. The van der Waals surface area contributed by atoms with Crippen molar-refractivity contribution in [2.45, 2.75) is 25.2 Å². The molecule has 2 rings (SSSR count). The highest BCUT2D eigenvalue weighted by Crippen LogP contribution is 2.46. The minimum absolute atomic E-state index is 0.352. The standard InChI is InChI=1S/C7H11N3/c1-7(3-4-7)6-9-8-5-10(6)2/h5H,3-4H2,1-2H3. The van der Waals surface area contributed by atoms with Crippen molar-refractivity contribution in [3.05, 3.63) is 12.2 Å². The second-order valence-electron chi connectivity index (χ2n) is 3.33. The summed E-state index contributed by atoms with van der Waals surface area (Å²) in [6.07, 6.45) is 4.29. The van der Waals surface area contributed by atoms with Gasteiger partial charge in [-0.25, -0.2) is 0 Å². The second-order valence-corrected chi connectivity index (χ2v) is 3.33. The molecule has 1 heterocycles. The lowest BCUT2D eigenvalue weighted by Crippen LogP contribution is -2.07. The monoisotopic (exact) mass is 137 g/mol. The van der Waals surface area contributed by atoms with Crippen molar-refractivity contribution in [1.29, 1.82) is 0 Å². The fourth-order valence-corrected chi connectivity index (χ4v) is 1.24. The van der Waals surface area contributed by atoms with Crippen molar-refractivity contribution in [1.82, 2.24) is 14.8 Å². The number of aromatic nitrogens is 3. The van der Waals surface area contributed by atoms with Crippen molar-refractivity contribution in [2.24, 2.45) is 7.05 Å². The predicted octanol–water partition coefficient (Wildman–Crippen LogP) is 0.867. The Bertz CT molecular complexity index is 247. The molecular formula is C7H11N3. The van der Waals surface area contributed by atoms with E-state index in [0.717, 1.165) is 5.82 Å². The Labute approximate surface area is 60.1 Å². The maximum atomic E-state index is 4.06. The number of hydrogen-bond donors (Lipinski definition) is 0. The Balaban J connectivity index is 2.42. The van der Waals surface area contributed by atoms with Crippen LogP contribution >= 0.6 is 0 Å². The summed E-state index contributed by atoms with van der Waals surface area (Å²) in [6.45, 7) is 2.23. The molecule has 0 aromatic carbocycles. The highest BCUT2D eigenvalue weighted by Gasteiger charge is 2.42. The Morgan fingerprint density at radius 2 is 2.30 bits per heavy atom. The van der Waals surface area contributed by atoms with Crippen molar-refractivity contribution >= 4 is 0 Å². The zero-order chi connectivity index (χ0) is 7.19. The molecule has 1 saturated carbocycles. The van der Waals surface area contributed by atoms with E-state index in [0.29, 0.717) is 5.41 Å². The molecule has 0 bridgehead atoms. The third-order valence-corrected chi connectivity index (χ3v) is 2.25. The molecule has 54 valence electrons. The largest absolute Gasteiger partial charge is 0.320 e. The molecule has 0 atom stereocenters. The summed E-state index contributed by atoms with van der Waals surface area (Å²) in [4.78, 5) is 0. The van der Waals surface area contributed by atoms with E-state index in [1.54, 1.807) is 6.33 Å². The molecular weight excluding hydrogens is 126 g/mol. The van der Waals surface area contributed by atoms with Crippen LogP contribution in [0.4, 0.5) is 0 Å². The van der Waals surface area contributed by atoms with Crippen LogP contribution in [-0.2, 0) is 12.5 Å². The van der Waals surface area contributed by atoms with E-state index in [4.69, 9.17) is 0 Å². The van der Waals surface area contributed by atoms with Gasteiger partial charge in [0.15, 0.2) is 0 Å². The Morgan fingerprint density at radius 3 is 2.70 bits per heavy atom. The molecule has 0 radical (unpaired) electrons. The molecule has 10 heavy (non-hydrogen) atoms. The third kappa shape index (κ3) is 0.664. The molecule has 0 aliphatic heterocycles. The van der Waals surface area contributed by atoms with Crippen molar-refractivity contribution in [2.75, 3.05) is 0 Å². The molecule has 1 aliphatic carbocycles. The van der Waals surface area contributed by atoms with Gasteiger partial charge in [0, 0.05) is 12.5 Å². The SMILES string of the molecule is Cn1cnnc1C1(C)CC1. The average molecular weight is 137 g/mol. The lowest BCUT2D eigenvalue weighted by atomic mass is 10.1. The highest BCUT2D eigenvalue weighted by molar-refractivity contribution is 5.14. The summed E-state index contributed by atoms with van der Waals surface area (Å²) < 4.78 is 2.01. The summed E-state index contributed by atoms with van der Waals surface area (Å²) in [6, 6.07) is 0. The number of nitrogens with zero attached hydrogens (tertiary/aromatic N) is 3. The van der Waals surface area contributed by atoms with Crippen LogP contribution < -0.4 is 0 Å². The molecule has 0 N–H and O–H groups in total. The first-order chi connectivity index (χ1) is 4.72. The lowest BCUT2D eigenvalue weighted by molar-refractivity contribution is 0.657. The third-order valence-electron chi connectivity index (χ3n) is 2.25. The maximum Gasteiger partial charge on any atom is 0.138 e. The summed E-state index contributed by atoms with van der Waals surface area (Å²) in [5, 5.41) is 7.90. The number of rotatable bonds is 1. The van der Waals surface area contributed by atoms with Crippen molar-refractivity contribution < 1.29 is 0 Å². The molecule has 0 unspecified atom stereocenters. The van der Waals surface area contributed by atoms with Gasteiger partial charge in [-0.15, -0.1) is 10.2 Å². The Morgan fingerprint density at radius 1 is 1.60 bits per heavy atom. The molecule has 1 aromatic heterocycles. The topological polar surface area (TPSA) is 30.7 Å². The van der Waals surface area contributed by atoms with Crippen molar-refractivity contribution in [3.8, 4) is 0 Å². The van der Waals surface area contributed by atoms with Gasteiger partial charge in [-0.2, -0.15) is 0 Å². The van der Waals surface area contributed by atoms with Gasteiger partial charge < -0.3 is 4.57 Å². The van der Waals surface area contributed by atoms with E-state index in [2.05, 4.69) is 17.1 Å². The minimum atomic E-state index is 0.352. The lowest BCUT2D eigenvalue weighted by Gasteiger charge is -2.04. The van der Waals surface area contributed by atoms with E-state index in [1.165, 1.54) is 12.8 Å². The molecule has 0 saturated heterocycles. The first-order valence-corrected chi connectivity index (χ1v) is 3.57. The van der Waals surface area contributed by atoms with Crippen molar-refractivity contribution in [3.63, 3.8) is 0 Å². The van der Waals surface area contributed by atoms with Crippen LogP contribution in [0.25, 0.3) is 0 Å². The van der Waals surface area contributed by atoms with Crippen LogP contribution in [0.1, 0.15) is 25.6 Å². The molecule has 0 spiro atoms. The molecule has 1 aliphatic rings. The fourth-order valence-electron chi connectivity index (χ4n) is 1.24. The van der Waals surface area contributed by atoms with Gasteiger partial charge in [0.1, 0.15) is 12.2 Å². The Kier molecular flexibility index (Phi) is 0.938. The predicted molar refractivity (Wildman–Crippen MR) is 37.6 cm³/mol. The van der Waals surface area contributed by atoms with Gasteiger partial charge in [0.25, 0.3) is 0 Å². The van der Waals surface area contributed by atoms with Crippen LogP contribution in [-0.4, -0.2) is 14.8 Å². The number of aryl methyl sites for hydroxylation is 1. The number of hydrogen-bond acceptors (Lipinski definition) is 2. The van der Waals surface area contributed by atoms with Crippen LogP contribution in [0, 0.1) is 0 Å². The van der Waals surface area contributed by atoms with Crippen LogP contribution in [0.15, 0.2) is 6.33 Å². The van der Waals surface area contributed by atoms with E-state index in [-0.39, 0.29) is 0 Å². The molecule has 0 amide bonds. The minimum Gasteiger partial charge on any atom is -0.320 e. The van der Waals surface area contributed by atoms with E-state index < -0.39 is 0 Å². The van der Waals surface area contributed by atoms with Gasteiger partial charge in [-0.1, -0.05) is 6.92 Å². The molecule has 1 fully saturated rings. The first-order valence-electron chi connectivity index (χ1n) is 3.57. The Hall–Kier alpha value is -0.860. The molecule has 1 aromatic rings. The summed E-state index contributed by atoms with van der Waals surface area (Å²) in [7, 11) is 2.00. The van der Waals surface area contributed by atoms with Crippen LogP contribution in [0.3, 0.4) is 0 Å². The van der Waals surface area contributed by atoms with Gasteiger partial charge in [-0.3, -0.25) is 0 Å². The van der Waals surface area contributed by atoms with E-state index >= 15 is 0 Å². The van der Waals surface area contributed by atoms with Gasteiger partial charge >= 0.3 is 0 Å². The summed E-state index contributed by atoms with van der Waals surface area (Å²) in [5.41, 5.74) is 0.352. The van der Waals surface area contributed by atoms with E-state index in [9.17, 15) is 0 Å². The summed E-state index contributed by atoms with van der Waals surface area (Å²) in [5.74, 6) is 1.13. The van der Waals surface area contributed by atoms with Gasteiger partial charge in [0.05, 0.1) is 0 Å². The average Bonchev–Trinajstić information content (AvgIpc) is 2.44. The van der Waals surface area contributed by atoms with Gasteiger partial charge in [-0.05, 0) is 12.8 Å². The van der Waals surface area contributed by atoms with Gasteiger partial charge in [0.2, 0.25) is 0 Å².